The first-order chi connectivity index (χ1) is 13.9. The summed E-state index contributed by atoms with van der Waals surface area (Å²) in [6.07, 6.45) is 0. The van der Waals surface area contributed by atoms with Gasteiger partial charge < -0.3 is 9.26 Å². The number of rotatable bonds is 4. The Kier molecular flexibility index (Phi) is 4.50. The number of hydrogen-bond donors (Lipinski definition) is 0. The molecule has 0 unspecified atom stereocenters. The maximum Gasteiger partial charge on any atom is 0.338 e. The van der Waals surface area contributed by atoms with Crippen molar-refractivity contribution >= 4 is 23.5 Å². The fraction of sp³-hybridized carbons (Fsp3) is 0.182. The molecule has 1 aliphatic rings. The van der Waals surface area contributed by atoms with E-state index in [1.54, 1.807) is 26.0 Å². The van der Waals surface area contributed by atoms with Crippen LogP contribution in [0.25, 0.3) is 0 Å². The summed E-state index contributed by atoms with van der Waals surface area (Å²) in [4.78, 5) is 39.3. The van der Waals surface area contributed by atoms with Crippen molar-refractivity contribution in [1.29, 1.82) is 0 Å². The zero-order chi connectivity index (χ0) is 20.7. The topological polar surface area (TPSA) is 89.7 Å². The predicted octanol–water partition coefficient (Wildman–Crippen LogP) is 3.76. The van der Waals surface area contributed by atoms with Gasteiger partial charge in [-0.05, 0) is 50.6 Å². The fourth-order valence-corrected chi connectivity index (χ4v) is 3.33. The van der Waals surface area contributed by atoms with Crippen molar-refractivity contribution in [3.05, 3.63) is 81.7 Å². The van der Waals surface area contributed by atoms with Crippen molar-refractivity contribution in [2.75, 3.05) is 4.90 Å². The van der Waals surface area contributed by atoms with Gasteiger partial charge in [-0.25, -0.2) is 9.69 Å². The molecule has 0 N–H and O–H groups in total. The van der Waals surface area contributed by atoms with Gasteiger partial charge in [-0.3, -0.25) is 9.59 Å². The first kappa shape index (κ1) is 18.6. The molecule has 0 radical (unpaired) electrons. The summed E-state index contributed by atoms with van der Waals surface area (Å²) in [5.74, 6) is -0.879. The van der Waals surface area contributed by atoms with E-state index in [0.717, 1.165) is 10.5 Å². The molecule has 146 valence electrons. The van der Waals surface area contributed by atoms with Gasteiger partial charge in [-0.15, -0.1) is 0 Å². The maximum absolute atomic E-state index is 12.9. The Hall–Kier alpha value is -3.74. The molecule has 0 saturated carbocycles. The maximum atomic E-state index is 12.9. The molecule has 0 atom stereocenters. The molecule has 2 amide bonds. The molecule has 0 bridgehead atoms. The third-order valence-corrected chi connectivity index (χ3v) is 5.01. The highest BCUT2D eigenvalue weighted by Crippen LogP contribution is 2.31. The number of nitrogens with zero attached hydrogens (tertiary/aromatic N) is 2. The zero-order valence-electron chi connectivity index (χ0n) is 16.2. The standard InChI is InChI=1S/C22H18N2O5/c1-12-6-4-5-7-19(12)24-20(25)16-9-8-15(10-17(16)21(24)26)22(27)28-11-18-13(2)23-29-14(18)3/h4-10H,11H2,1-3H3. The molecule has 7 nitrogen and oxygen atoms in total. The van der Waals surface area contributed by atoms with Crippen molar-refractivity contribution in [1.82, 2.24) is 5.16 Å². The molecule has 4 rings (SSSR count). The Labute approximate surface area is 166 Å². The second-order valence-electron chi connectivity index (χ2n) is 6.87. The lowest BCUT2D eigenvalue weighted by Crippen LogP contribution is -2.29. The van der Waals surface area contributed by atoms with Crippen LogP contribution in [0.3, 0.4) is 0 Å². The number of para-hydroxylation sites is 1. The second kappa shape index (κ2) is 7.01. The average molecular weight is 390 g/mol. The number of benzene rings is 2. The summed E-state index contributed by atoms with van der Waals surface area (Å²) in [6.45, 7) is 5.35. The van der Waals surface area contributed by atoms with Crippen LogP contribution in [0, 0.1) is 20.8 Å². The van der Waals surface area contributed by atoms with Gasteiger partial charge >= 0.3 is 5.97 Å². The van der Waals surface area contributed by atoms with E-state index in [9.17, 15) is 14.4 Å². The van der Waals surface area contributed by atoms with Crippen molar-refractivity contribution in [3.63, 3.8) is 0 Å². The van der Waals surface area contributed by atoms with Gasteiger partial charge in [0.15, 0.2) is 0 Å². The number of fused-ring (bicyclic) bond motifs is 1. The van der Waals surface area contributed by atoms with Gasteiger partial charge in [0, 0.05) is 0 Å². The van der Waals surface area contributed by atoms with Crippen LogP contribution in [-0.2, 0) is 11.3 Å². The van der Waals surface area contributed by atoms with Crippen LogP contribution in [0.4, 0.5) is 5.69 Å². The molecule has 0 fully saturated rings. The molecule has 0 spiro atoms. The van der Waals surface area contributed by atoms with Crippen molar-refractivity contribution in [2.45, 2.75) is 27.4 Å². The van der Waals surface area contributed by atoms with Crippen molar-refractivity contribution < 1.29 is 23.6 Å². The molecule has 3 aromatic rings. The van der Waals surface area contributed by atoms with Crippen LogP contribution < -0.4 is 4.90 Å². The third-order valence-electron chi connectivity index (χ3n) is 5.01. The average Bonchev–Trinajstić information content (AvgIpc) is 3.16. The summed E-state index contributed by atoms with van der Waals surface area (Å²) in [6, 6.07) is 11.5. The lowest BCUT2D eigenvalue weighted by atomic mass is 10.1. The largest absolute Gasteiger partial charge is 0.457 e. The number of aryl methyl sites for hydroxylation is 3. The van der Waals surface area contributed by atoms with E-state index in [0.29, 0.717) is 22.7 Å². The summed E-state index contributed by atoms with van der Waals surface area (Å²) >= 11 is 0. The molecule has 1 aliphatic heterocycles. The van der Waals surface area contributed by atoms with Crippen LogP contribution in [0.15, 0.2) is 47.0 Å². The lowest BCUT2D eigenvalue weighted by Gasteiger charge is -2.16. The summed E-state index contributed by atoms with van der Waals surface area (Å²) in [7, 11) is 0. The highest BCUT2D eigenvalue weighted by Gasteiger charge is 2.37. The minimum Gasteiger partial charge on any atom is -0.457 e. The van der Waals surface area contributed by atoms with Crippen LogP contribution >= 0.6 is 0 Å². The summed E-state index contributed by atoms with van der Waals surface area (Å²) < 4.78 is 10.4. The fourth-order valence-electron chi connectivity index (χ4n) is 3.33. The Morgan fingerprint density at radius 3 is 2.45 bits per heavy atom. The van der Waals surface area contributed by atoms with Gasteiger partial charge in [0.05, 0.1) is 33.6 Å². The van der Waals surface area contributed by atoms with Gasteiger partial charge in [-0.2, -0.15) is 0 Å². The molecular formula is C22H18N2O5. The molecule has 2 aromatic carbocycles. The number of ether oxygens (including phenoxy) is 1. The van der Waals surface area contributed by atoms with E-state index in [1.807, 2.05) is 19.1 Å². The summed E-state index contributed by atoms with van der Waals surface area (Å²) in [5.41, 5.74) is 3.34. The minimum atomic E-state index is -0.595. The number of carbonyl (C=O) groups excluding carboxylic acids is 3. The van der Waals surface area contributed by atoms with Crippen LogP contribution in [0.5, 0.6) is 0 Å². The van der Waals surface area contributed by atoms with E-state index >= 15 is 0 Å². The zero-order valence-corrected chi connectivity index (χ0v) is 16.2. The summed E-state index contributed by atoms with van der Waals surface area (Å²) in [5, 5.41) is 3.82. The van der Waals surface area contributed by atoms with Gasteiger partial charge in [0.2, 0.25) is 0 Å². The Bertz CT molecular complexity index is 1140. The Morgan fingerprint density at radius 1 is 1.03 bits per heavy atom. The monoisotopic (exact) mass is 390 g/mol. The molecule has 7 heteroatoms. The number of esters is 1. The number of amides is 2. The van der Waals surface area contributed by atoms with Crippen LogP contribution in [0.2, 0.25) is 0 Å². The van der Waals surface area contributed by atoms with Crippen LogP contribution in [-0.4, -0.2) is 22.9 Å². The van der Waals surface area contributed by atoms with Crippen LogP contribution in [0.1, 0.15) is 53.7 Å². The van der Waals surface area contributed by atoms with E-state index in [1.165, 1.54) is 18.2 Å². The molecule has 1 aromatic heterocycles. The molecule has 0 aliphatic carbocycles. The highest BCUT2D eigenvalue weighted by atomic mass is 16.5. The number of carbonyl (C=O) groups is 3. The number of imide groups is 1. The quantitative estimate of drug-likeness (QED) is 0.498. The second-order valence-corrected chi connectivity index (χ2v) is 6.87. The van der Waals surface area contributed by atoms with Gasteiger partial charge in [0.1, 0.15) is 12.4 Å². The Balaban J connectivity index is 1.59. The molecular weight excluding hydrogens is 372 g/mol. The van der Waals surface area contributed by atoms with Crippen molar-refractivity contribution in [3.8, 4) is 0 Å². The van der Waals surface area contributed by atoms with Crippen molar-refractivity contribution in [2.24, 2.45) is 0 Å². The molecule has 2 heterocycles. The van der Waals surface area contributed by atoms with E-state index in [2.05, 4.69) is 5.16 Å². The third kappa shape index (κ3) is 3.10. The SMILES string of the molecule is Cc1ccccc1N1C(=O)c2ccc(C(=O)OCc3c(C)noc3C)cc2C1=O. The van der Waals surface area contributed by atoms with Gasteiger partial charge in [0.25, 0.3) is 11.8 Å². The number of aromatic nitrogens is 1. The first-order valence-corrected chi connectivity index (χ1v) is 9.06. The van der Waals surface area contributed by atoms with Gasteiger partial charge in [-0.1, -0.05) is 23.4 Å². The number of hydrogen-bond acceptors (Lipinski definition) is 6. The lowest BCUT2D eigenvalue weighted by molar-refractivity contribution is 0.0470. The first-order valence-electron chi connectivity index (χ1n) is 9.06. The minimum absolute atomic E-state index is 0.0132. The molecule has 0 saturated heterocycles. The normalized spacial score (nSPS) is 13.0. The predicted molar refractivity (Wildman–Crippen MR) is 104 cm³/mol. The highest BCUT2D eigenvalue weighted by molar-refractivity contribution is 6.34. The van der Waals surface area contributed by atoms with E-state index in [-0.39, 0.29) is 23.3 Å². The Morgan fingerprint density at radius 2 is 1.76 bits per heavy atom. The van der Waals surface area contributed by atoms with E-state index in [4.69, 9.17) is 9.26 Å². The van der Waals surface area contributed by atoms with E-state index < -0.39 is 17.8 Å². The smallest absolute Gasteiger partial charge is 0.338 e. The molecule has 29 heavy (non-hydrogen) atoms. The number of anilines is 1.